The fourth-order valence-electron chi connectivity index (χ4n) is 2.65. The largest absolute Gasteiger partial charge is 0.423 e. The minimum atomic E-state index is -0.323. The fourth-order valence-corrected chi connectivity index (χ4v) is 2.65. The predicted molar refractivity (Wildman–Crippen MR) is 103 cm³/mol. The van der Waals surface area contributed by atoms with Crippen LogP contribution in [0.15, 0.2) is 46.6 Å². The third-order valence-electron chi connectivity index (χ3n) is 4.23. The van der Waals surface area contributed by atoms with Crippen molar-refractivity contribution < 1.29 is 9.53 Å². The van der Waals surface area contributed by atoms with Crippen LogP contribution in [-0.2, 0) is 4.79 Å². The number of nitrogen functional groups attached to an aromatic ring is 2. The van der Waals surface area contributed by atoms with Crippen molar-refractivity contribution >= 4 is 29.0 Å². The third kappa shape index (κ3) is 5.22. The topological polar surface area (TPSA) is 122 Å². The summed E-state index contributed by atoms with van der Waals surface area (Å²) in [5, 5.41) is 8.23. The molecule has 1 aliphatic rings. The highest BCUT2D eigenvalue weighted by molar-refractivity contribution is 5.76. The first-order valence-corrected chi connectivity index (χ1v) is 8.65. The number of nitrogens with zero attached hydrogens (tertiary/aromatic N) is 5. The van der Waals surface area contributed by atoms with Crippen LogP contribution in [0.5, 0.6) is 5.75 Å². The average Bonchev–Trinajstić information content (AvgIpc) is 2.64. The van der Waals surface area contributed by atoms with E-state index in [2.05, 4.69) is 32.1 Å². The molecule has 1 aromatic heterocycles. The van der Waals surface area contributed by atoms with Crippen LogP contribution >= 0.6 is 0 Å². The predicted octanol–water partition coefficient (Wildman–Crippen LogP) is 1.81. The molecule has 1 saturated heterocycles. The van der Waals surface area contributed by atoms with E-state index < -0.39 is 0 Å². The number of rotatable bonds is 5. The van der Waals surface area contributed by atoms with Crippen molar-refractivity contribution in [2.24, 2.45) is 10.2 Å². The van der Waals surface area contributed by atoms with E-state index in [9.17, 15) is 4.79 Å². The summed E-state index contributed by atoms with van der Waals surface area (Å²) in [5.41, 5.74) is 12.2. The molecule has 2 aromatic rings. The van der Waals surface area contributed by atoms with E-state index in [-0.39, 0.29) is 18.3 Å². The number of anilines is 2. The molecule has 0 atom stereocenters. The number of nitrogens with two attached hydrogens (primary N) is 2. The lowest BCUT2D eigenvalue weighted by molar-refractivity contribution is -0.136. The smallest absolute Gasteiger partial charge is 0.325 e. The van der Waals surface area contributed by atoms with Gasteiger partial charge in [0.25, 0.3) is 0 Å². The van der Waals surface area contributed by atoms with E-state index in [1.54, 1.807) is 36.4 Å². The van der Waals surface area contributed by atoms with Gasteiger partial charge in [-0.15, -0.1) is 10.2 Å². The van der Waals surface area contributed by atoms with Gasteiger partial charge >= 0.3 is 5.97 Å². The Morgan fingerprint density at radius 3 is 2.52 bits per heavy atom. The van der Waals surface area contributed by atoms with Gasteiger partial charge in [0.2, 0.25) is 0 Å². The monoisotopic (exact) mass is 369 g/mol. The minimum absolute atomic E-state index is 0.184. The Morgan fingerprint density at radius 1 is 1.07 bits per heavy atom. The number of para-hydroxylation sites is 1. The van der Waals surface area contributed by atoms with E-state index in [1.807, 2.05) is 0 Å². The molecule has 142 valence electrons. The molecule has 2 heterocycles. The Morgan fingerprint density at radius 2 is 1.78 bits per heavy atom. The van der Waals surface area contributed by atoms with Gasteiger partial charge < -0.3 is 21.1 Å². The zero-order valence-corrected chi connectivity index (χ0v) is 15.2. The van der Waals surface area contributed by atoms with Gasteiger partial charge in [0.15, 0.2) is 11.6 Å². The first kappa shape index (κ1) is 18.7. The van der Waals surface area contributed by atoms with Crippen LogP contribution in [0.4, 0.5) is 23.0 Å². The van der Waals surface area contributed by atoms with Crippen LogP contribution in [0.1, 0.15) is 0 Å². The summed E-state index contributed by atoms with van der Waals surface area (Å²) in [6.45, 7) is 3.81. The van der Waals surface area contributed by atoms with Gasteiger partial charge in [-0.25, -0.2) is 4.98 Å². The van der Waals surface area contributed by atoms with Gasteiger partial charge in [0.05, 0.1) is 6.54 Å². The number of hydrogen-bond acceptors (Lipinski definition) is 9. The van der Waals surface area contributed by atoms with Crippen LogP contribution in [0.3, 0.4) is 0 Å². The Labute approximate surface area is 157 Å². The lowest BCUT2D eigenvalue weighted by Crippen LogP contribution is -2.46. The molecule has 0 bridgehead atoms. The van der Waals surface area contributed by atoms with Crippen molar-refractivity contribution in [2.45, 2.75) is 0 Å². The standard InChI is InChI=1S/C18H23N7O2/c1-24-8-10-25(11-9-24)12-17(26)27-15-5-3-2-4-13(15)22-23-14-6-7-16(19)21-18(14)20/h2-7H,8-12H2,1H3,(H4,19,20,21)/b23-22+. The molecule has 4 N–H and O–H groups in total. The number of pyridine rings is 1. The Bertz CT molecular complexity index is 832. The summed E-state index contributed by atoms with van der Waals surface area (Å²) in [4.78, 5) is 20.5. The maximum Gasteiger partial charge on any atom is 0.325 e. The first-order chi connectivity index (χ1) is 13.0. The van der Waals surface area contributed by atoms with Crippen LogP contribution in [0.2, 0.25) is 0 Å². The van der Waals surface area contributed by atoms with E-state index in [4.69, 9.17) is 16.2 Å². The molecule has 1 aromatic carbocycles. The van der Waals surface area contributed by atoms with Crippen molar-refractivity contribution in [2.75, 3.05) is 51.2 Å². The summed E-state index contributed by atoms with van der Waals surface area (Å²) in [6.07, 6.45) is 0. The molecular formula is C18H23N7O2. The molecule has 0 radical (unpaired) electrons. The SMILES string of the molecule is CN1CCN(CC(=O)Oc2ccccc2/N=N/c2ccc(N)nc2N)CC1. The maximum atomic E-state index is 12.3. The number of piperazine rings is 1. The van der Waals surface area contributed by atoms with E-state index in [0.29, 0.717) is 22.9 Å². The van der Waals surface area contributed by atoms with Crippen molar-refractivity contribution in [1.82, 2.24) is 14.8 Å². The normalized spacial score (nSPS) is 15.9. The van der Waals surface area contributed by atoms with Crippen LogP contribution in [-0.4, -0.2) is 60.5 Å². The second-order valence-electron chi connectivity index (χ2n) is 6.36. The lowest BCUT2D eigenvalue weighted by Gasteiger charge is -2.31. The molecule has 0 aliphatic carbocycles. The second kappa shape index (κ2) is 8.56. The Hall–Kier alpha value is -3.04. The highest BCUT2D eigenvalue weighted by Crippen LogP contribution is 2.30. The van der Waals surface area contributed by atoms with Gasteiger partial charge in [-0.2, -0.15) is 0 Å². The van der Waals surface area contributed by atoms with Crippen LogP contribution < -0.4 is 16.2 Å². The molecule has 9 heteroatoms. The maximum absolute atomic E-state index is 12.3. The molecule has 0 unspecified atom stereocenters. The highest BCUT2D eigenvalue weighted by atomic mass is 16.5. The third-order valence-corrected chi connectivity index (χ3v) is 4.23. The molecule has 9 nitrogen and oxygen atoms in total. The van der Waals surface area contributed by atoms with Crippen molar-refractivity contribution in [1.29, 1.82) is 0 Å². The molecule has 0 spiro atoms. The van der Waals surface area contributed by atoms with E-state index >= 15 is 0 Å². The van der Waals surface area contributed by atoms with E-state index in [0.717, 1.165) is 26.2 Å². The zero-order valence-electron chi connectivity index (χ0n) is 15.2. The average molecular weight is 369 g/mol. The van der Waals surface area contributed by atoms with Gasteiger partial charge in [0.1, 0.15) is 17.2 Å². The summed E-state index contributed by atoms with van der Waals surface area (Å²) >= 11 is 0. The molecule has 3 rings (SSSR count). The molecular weight excluding hydrogens is 346 g/mol. The molecule has 0 amide bonds. The molecule has 1 fully saturated rings. The number of carbonyl (C=O) groups excluding carboxylic acids is 1. The second-order valence-corrected chi connectivity index (χ2v) is 6.36. The molecule has 0 saturated carbocycles. The van der Waals surface area contributed by atoms with Crippen molar-refractivity contribution in [3.63, 3.8) is 0 Å². The summed E-state index contributed by atoms with van der Waals surface area (Å²) < 4.78 is 5.50. The molecule has 27 heavy (non-hydrogen) atoms. The van der Waals surface area contributed by atoms with E-state index in [1.165, 1.54) is 0 Å². The summed E-state index contributed by atoms with van der Waals surface area (Å²) in [6, 6.07) is 10.2. The van der Waals surface area contributed by atoms with Gasteiger partial charge in [-0.1, -0.05) is 12.1 Å². The van der Waals surface area contributed by atoms with Gasteiger partial charge in [-0.05, 0) is 31.3 Å². The van der Waals surface area contributed by atoms with Crippen molar-refractivity contribution in [3.8, 4) is 5.75 Å². The van der Waals surface area contributed by atoms with Gasteiger partial charge in [-0.3, -0.25) is 9.69 Å². The van der Waals surface area contributed by atoms with Crippen LogP contribution in [0, 0.1) is 0 Å². The number of likely N-dealkylation sites (N-methyl/N-ethyl adjacent to an activating group) is 1. The number of carbonyl (C=O) groups is 1. The number of hydrogen-bond donors (Lipinski definition) is 2. The number of azo groups is 1. The summed E-state index contributed by atoms with van der Waals surface area (Å²) in [5.74, 6) is 0.520. The fraction of sp³-hybridized carbons (Fsp3) is 0.333. The Kier molecular flexibility index (Phi) is 5.94. The lowest BCUT2D eigenvalue weighted by atomic mass is 10.3. The summed E-state index contributed by atoms with van der Waals surface area (Å²) in [7, 11) is 2.07. The van der Waals surface area contributed by atoms with Crippen molar-refractivity contribution in [3.05, 3.63) is 36.4 Å². The Balaban J connectivity index is 1.66. The number of aromatic nitrogens is 1. The molecule has 1 aliphatic heterocycles. The van der Waals surface area contributed by atoms with Gasteiger partial charge in [0, 0.05) is 26.2 Å². The minimum Gasteiger partial charge on any atom is -0.423 e. The highest BCUT2D eigenvalue weighted by Gasteiger charge is 2.18. The van der Waals surface area contributed by atoms with Crippen LogP contribution in [0.25, 0.3) is 0 Å². The zero-order chi connectivity index (χ0) is 19.2. The number of benzene rings is 1. The number of ether oxygens (including phenoxy) is 1. The first-order valence-electron chi connectivity index (χ1n) is 8.65. The number of esters is 1. The quantitative estimate of drug-likeness (QED) is 0.468.